The molecule has 0 fully saturated rings. The molecule has 0 atom stereocenters. The third-order valence-electron chi connectivity index (χ3n) is 2.90. The Balaban J connectivity index is 1.82. The van der Waals surface area contributed by atoms with E-state index in [0.29, 0.717) is 6.42 Å². The van der Waals surface area contributed by atoms with Crippen molar-refractivity contribution in [3.05, 3.63) is 29.3 Å². The van der Waals surface area contributed by atoms with Crippen molar-refractivity contribution in [2.75, 3.05) is 25.0 Å². The first kappa shape index (κ1) is 12.1. The fraction of sp³-hybridized carbons (Fsp3) is 0.462. The molecule has 1 aromatic rings. The van der Waals surface area contributed by atoms with Crippen LogP contribution in [0.4, 0.5) is 5.69 Å². The minimum absolute atomic E-state index is 0.0817. The molecule has 0 radical (unpaired) electrons. The van der Waals surface area contributed by atoms with E-state index in [1.165, 1.54) is 5.56 Å². The molecule has 3 N–H and O–H groups in total. The lowest BCUT2D eigenvalue weighted by atomic mass is 10.1. The van der Waals surface area contributed by atoms with E-state index >= 15 is 0 Å². The molecule has 0 unspecified atom stereocenters. The van der Waals surface area contributed by atoms with Crippen LogP contribution in [0.1, 0.15) is 17.5 Å². The smallest absolute Gasteiger partial charge is 0.228 e. The Hall–Kier alpha value is -1.39. The van der Waals surface area contributed by atoms with Gasteiger partial charge in [0.25, 0.3) is 0 Å². The van der Waals surface area contributed by atoms with Crippen molar-refractivity contribution < 1.29 is 9.90 Å². The van der Waals surface area contributed by atoms with Crippen molar-refractivity contribution in [2.24, 2.45) is 0 Å². The van der Waals surface area contributed by atoms with Gasteiger partial charge in [0, 0.05) is 12.3 Å². The second-order valence-electron chi connectivity index (χ2n) is 4.29. The molecule has 4 nitrogen and oxygen atoms in total. The first-order chi connectivity index (χ1) is 8.29. The Morgan fingerprint density at radius 2 is 2.24 bits per heavy atom. The Morgan fingerprint density at radius 3 is 3.06 bits per heavy atom. The summed E-state index contributed by atoms with van der Waals surface area (Å²) < 4.78 is 0. The van der Waals surface area contributed by atoms with Crippen molar-refractivity contribution in [1.82, 2.24) is 5.32 Å². The number of hydrogen-bond acceptors (Lipinski definition) is 3. The molecule has 0 saturated carbocycles. The molecule has 0 aromatic heterocycles. The zero-order valence-corrected chi connectivity index (χ0v) is 9.83. The summed E-state index contributed by atoms with van der Waals surface area (Å²) in [6.07, 6.45) is 2.25. The van der Waals surface area contributed by atoms with E-state index in [1.807, 2.05) is 6.07 Å². The van der Waals surface area contributed by atoms with E-state index in [2.05, 4.69) is 22.8 Å². The standard InChI is InChI=1S/C13H18N2O2/c16-7-1-5-14-6-4-10-2-3-12-11(8-10)9-13(17)15-12/h2-3,8,14,16H,1,4-7,9H2,(H,15,17). The zero-order valence-electron chi connectivity index (χ0n) is 9.83. The zero-order chi connectivity index (χ0) is 12.1. The lowest BCUT2D eigenvalue weighted by molar-refractivity contribution is -0.115. The van der Waals surface area contributed by atoms with Crippen LogP contribution in [0.15, 0.2) is 18.2 Å². The van der Waals surface area contributed by atoms with E-state index < -0.39 is 0 Å². The van der Waals surface area contributed by atoms with E-state index in [4.69, 9.17) is 5.11 Å². The Kier molecular flexibility index (Phi) is 4.12. The Bertz CT molecular complexity index is 404. The SMILES string of the molecule is O=C1Cc2cc(CCNCCCO)ccc2N1. The molecule has 4 heteroatoms. The van der Waals surface area contributed by atoms with E-state index in [9.17, 15) is 4.79 Å². The molecule has 17 heavy (non-hydrogen) atoms. The normalized spacial score (nSPS) is 13.6. The van der Waals surface area contributed by atoms with Crippen LogP contribution in [0.3, 0.4) is 0 Å². The summed E-state index contributed by atoms with van der Waals surface area (Å²) in [4.78, 5) is 11.2. The van der Waals surface area contributed by atoms with Crippen molar-refractivity contribution in [2.45, 2.75) is 19.3 Å². The summed E-state index contributed by atoms with van der Waals surface area (Å²) in [5.41, 5.74) is 3.30. The molecule has 0 aliphatic carbocycles. The van der Waals surface area contributed by atoms with Crippen molar-refractivity contribution in [3.8, 4) is 0 Å². The lowest BCUT2D eigenvalue weighted by Gasteiger charge is -2.05. The van der Waals surface area contributed by atoms with Gasteiger partial charge in [-0.3, -0.25) is 4.79 Å². The van der Waals surface area contributed by atoms with Gasteiger partial charge in [0.15, 0.2) is 0 Å². The maximum absolute atomic E-state index is 11.2. The second kappa shape index (κ2) is 5.80. The summed E-state index contributed by atoms with van der Waals surface area (Å²) in [6.45, 7) is 1.99. The molecule has 1 aliphatic heterocycles. The summed E-state index contributed by atoms with van der Waals surface area (Å²) in [5, 5.41) is 14.7. The third-order valence-corrected chi connectivity index (χ3v) is 2.90. The van der Waals surface area contributed by atoms with E-state index in [1.54, 1.807) is 0 Å². The summed E-state index contributed by atoms with van der Waals surface area (Å²) in [7, 11) is 0. The van der Waals surface area contributed by atoms with Crippen LogP contribution >= 0.6 is 0 Å². The molecular formula is C13H18N2O2. The van der Waals surface area contributed by atoms with Crippen molar-refractivity contribution in [1.29, 1.82) is 0 Å². The molecule has 2 rings (SSSR count). The molecule has 1 amide bonds. The minimum Gasteiger partial charge on any atom is -0.396 e. The minimum atomic E-state index is 0.0817. The van der Waals surface area contributed by atoms with Crippen LogP contribution in [0.25, 0.3) is 0 Å². The van der Waals surface area contributed by atoms with Gasteiger partial charge in [-0.15, -0.1) is 0 Å². The van der Waals surface area contributed by atoms with Gasteiger partial charge in [-0.1, -0.05) is 12.1 Å². The number of amides is 1. The highest BCUT2D eigenvalue weighted by atomic mass is 16.3. The molecular weight excluding hydrogens is 216 g/mol. The van der Waals surface area contributed by atoms with Gasteiger partial charge < -0.3 is 15.7 Å². The molecule has 0 spiro atoms. The average molecular weight is 234 g/mol. The highest BCUT2D eigenvalue weighted by molar-refractivity contribution is 5.99. The summed E-state index contributed by atoms with van der Waals surface area (Å²) >= 11 is 0. The quantitative estimate of drug-likeness (QED) is 0.635. The van der Waals surface area contributed by atoms with Crippen LogP contribution in [0, 0.1) is 0 Å². The second-order valence-corrected chi connectivity index (χ2v) is 4.29. The maximum atomic E-state index is 11.2. The molecule has 1 aromatic carbocycles. The number of nitrogens with one attached hydrogen (secondary N) is 2. The van der Waals surface area contributed by atoms with E-state index in [-0.39, 0.29) is 12.5 Å². The predicted octanol–water partition coefficient (Wildman–Crippen LogP) is 0.696. The number of aliphatic hydroxyl groups excluding tert-OH is 1. The summed E-state index contributed by atoms with van der Waals surface area (Å²) in [5.74, 6) is 0.0817. The number of aliphatic hydroxyl groups is 1. The molecule has 1 heterocycles. The van der Waals surface area contributed by atoms with Gasteiger partial charge in [0.2, 0.25) is 5.91 Å². The van der Waals surface area contributed by atoms with Crippen LogP contribution in [0.2, 0.25) is 0 Å². The number of rotatable bonds is 6. The van der Waals surface area contributed by atoms with Crippen molar-refractivity contribution in [3.63, 3.8) is 0 Å². The first-order valence-electron chi connectivity index (χ1n) is 6.03. The number of benzene rings is 1. The fourth-order valence-electron chi connectivity index (χ4n) is 2.00. The summed E-state index contributed by atoms with van der Waals surface area (Å²) in [6, 6.07) is 6.13. The van der Waals surface area contributed by atoms with Gasteiger partial charge in [-0.2, -0.15) is 0 Å². The Labute approximate surface area is 101 Å². The maximum Gasteiger partial charge on any atom is 0.228 e. The molecule has 0 saturated heterocycles. The van der Waals surface area contributed by atoms with E-state index in [0.717, 1.165) is 37.2 Å². The van der Waals surface area contributed by atoms with Crippen molar-refractivity contribution >= 4 is 11.6 Å². The highest BCUT2D eigenvalue weighted by Gasteiger charge is 2.16. The molecule has 92 valence electrons. The molecule has 1 aliphatic rings. The number of carbonyl (C=O) groups is 1. The average Bonchev–Trinajstić information content (AvgIpc) is 2.68. The monoisotopic (exact) mass is 234 g/mol. The van der Waals surface area contributed by atoms with Gasteiger partial charge in [-0.05, 0) is 43.1 Å². The number of hydrogen-bond donors (Lipinski definition) is 3. The largest absolute Gasteiger partial charge is 0.396 e. The van der Waals surface area contributed by atoms with Gasteiger partial charge in [0.1, 0.15) is 0 Å². The topological polar surface area (TPSA) is 61.4 Å². The van der Waals surface area contributed by atoms with Gasteiger partial charge in [-0.25, -0.2) is 0 Å². The Morgan fingerprint density at radius 1 is 1.35 bits per heavy atom. The third kappa shape index (κ3) is 3.28. The number of anilines is 1. The predicted molar refractivity (Wildman–Crippen MR) is 67.1 cm³/mol. The van der Waals surface area contributed by atoms with Crippen LogP contribution in [-0.4, -0.2) is 30.7 Å². The first-order valence-corrected chi connectivity index (χ1v) is 6.03. The highest BCUT2D eigenvalue weighted by Crippen LogP contribution is 2.23. The van der Waals surface area contributed by atoms with Crippen LogP contribution in [0.5, 0.6) is 0 Å². The lowest BCUT2D eigenvalue weighted by Crippen LogP contribution is -2.19. The number of fused-ring (bicyclic) bond motifs is 1. The van der Waals surface area contributed by atoms with Crippen LogP contribution in [-0.2, 0) is 17.6 Å². The molecule has 0 bridgehead atoms. The fourth-order valence-corrected chi connectivity index (χ4v) is 2.00. The van der Waals surface area contributed by atoms with Gasteiger partial charge >= 0.3 is 0 Å². The number of carbonyl (C=O) groups excluding carboxylic acids is 1. The van der Waals surface area contributed by atoms with Gasteiger partial charge in [0.05, 0.1) is 6.42 Å². The van der Waals surface area contributed by atoms with Crippen LogP contribution < -0.4 is 10.6 Å².